The summed E-state index contributed by atoms with van der Waals surface area (Å²) in [4.78, 5) is 23.3. The third-order valence-electron chi connectivity index (χ3n) is 5.52. The van der Waals surface area contributed by atoms with Crippen LogP contribution in [0, 0.1) is 5.92 Å². The topological polar surface area (TPSA) is 135 Å². The lowest BCUT2D eigenvalue weighted by atomic mass is 9.77. The van der Waals surface area contributed by atoms with E-state index in [1.807, 2.05) is 24.3 Å². The molecule has 31 heavy (non-hydrogen) atoms. The van der Waals surface area contributed by atoms with Crippen LogP contribution in [0.5, 0.6) is 0 Å². The van der Waals surface area contributed by atoms with Crippen molar-refractivity contribution < 1.29 is 19.1 Å². The van der Waals surface area contributed by atoms with Gasteiger partial charge in [0.1, 0.15) is 0 Å². The van der Waals surface area contributed by atoms with E-state index in [9.17, 15) is 9.59 Å². The lowest BCUT2D eigenvalue weighted by Crippen LogP contribution is -2.16. The number of aliphatic carboxylic acids is 1. The van der Waals surface area contributed by atoms with E-state index >= 15 is 0 Å². The molecule has 0 spiro atoms. The van der Waals surface area contributed by atoms with Crippen LogP contribution in [0.3, 0.4) is 0 Å². The second-order valence-corrected chi connectivity index (χ2v) is 7.80. The van der Waals surface area contributed by atoms with Gasteiger partial charge in [-0.3, -0.25) is 19.6 Å². The molecule has 3 aromatic rings. The van der Waals surface area contributed by atoms with Crippen molar-refractivity contribution >= 4 is 29.4 Å². The number of nitrogens with one attached hydrogen (secondary N) is 2. The van der Waals surface area contributed by atoms with E-state index in [4.69, 9.17) is 9.52 Å². The van der Waals surface area contributed by atoms with Gasteiger partial charge in [0.15, 0.2) is 5.82 Å². The van der Waals surface area contributed by atoms with Crippen molar-refractivity contribution in [2.45, 2.75) is 38.0 Å². The first kappa shape index (κ1) is 20.6. The van der Waals surface area contributed by atoms with Crippen LogP contribution >= 0.6 is 0 Å². The fraction of sp³-hybridized carbons (Fsp3) is 0.381. The Labute approximate surface area is 178 Å². The quantitative estimate of drug-likeness (QED) is 0.524. The van der Waals surface area contributed by atoms with Crippen LogP contribution in [0.2, 0.25) is 0 Å². The van der Waals surface area contributed by atoms with Gasteiger partial charge in [-0.25, -0.2) is 0 Å². The summed E-state index contributed by atoms with van der Waals surface area (Å²) in [7, 11) is 1.79. The van der Waals surface area contributed by atoms with Gasteiger partial charge in [0.2, 0.25) is 0 Å². The van der Waals surface area contributed by atoms with Gasteiger partial charge in [0.05, 0.1) is 0 Å². The fourth-order valence-electron chi connectivity index (χ4n) is 3.93. The first-order valence-corrected chi connectivity index (χ1v) is 10.2. The number of amides is 1. The number of aryl methyl sites for hydroxylation is 1. The minimum absolute atomic E-state index is 0.0812. The van der Waals surface area contributed by atoms with Crippen molar-refractivity contribution in [2.24, 2.45) is 13.0 Å². The minimum Gasteiger partial charge on any atom is -0.481 e. The maximum Gasteiger partial charge on any atom is 0.321 e. The molecule has 10 nitrogen and oxygen atoms in total. The molecule has 3 N–H and O–H groups in total. The Kier molecular flexibility index (Phi) is 5.96. The largest absolute Gasteiger partial charge is 0.481 e. The van der Waals surface area contributed by atoms with Gasteiger partial charge in [0.25, 0.3) is 0 Å². The highest BCUT2D eigenvalue weighted by atomic mass is 16.4. The van der Waals surface area contributed by atoms with Crippen molar-refractivity contribution in [3.05, 3.63) is 48.0 Å². The molecule has 1 fully saturated rings. The number of hydrogen-bond donors (Lipinski definition) is 3. The smallest absolute Gasteiger partial charge is 0.321 e. The summed E-state index contributed by atoms with van der Waals surface area (Å²) in [6.45, 7) is 0. The number of carboxylic acid groups (broad SMARTS) is 1. The second-order valence-electron chi connectivity index (χ2n) is 7.80. The van der Waals surface area contributed by atoms with E-state index in [2.05, 4.69) is 25.9 Å². The Morgan fingerprint density at radius 2 is 1.87 bits per heavy atom. The van der Waals surface area contributed by atoms with E-state index in [-0.39, 0.29) is 24.2 Å². The zero-order valence-electron chi connectivity index (χ0n) is 17.1. The molecule has 162 valence electrons. The van der Waals surface area contributed by atoms with Crippen LogP contribution in [-0.2, 0) is 11.8 Å². The SMILES string of the molecule is Cn1ccc(Nc2nnc(C(=O)Nc3ccc(C4CCC(CC(=O)O)CC4)cc3)o2)n1. The number of benzene rings is 1. The zero-order chi connectivity index (χ0) is 21.8. The Bertz CT molecular complexity index is 1050. The molecule has 1 aliphatic carbocycles. The van der Waals surface area contributed by atoms with Crippen LogP contribution in [0.25, 0.3) is 0 Å². The van der Waals surface area contributed by atoms with Crippen LogP contribution in [0.4, 0.5) is 17.5 Å². The number of anilines is 3. The van der Waals surface area contributed by atoms with Crippen molar-refractivity contribution in [2.75, 3.05) is 10.6 Å². The minimum atomic E-state index is -0.718. The highest BCUT2D eigenvalue weighted by molar-refractivity contribution is 6.00. The molecule has 1 saturated carbocycles. The monoisotopic (exact) mass is 424 g/mol. The summed E-state index contributed by atoms with van der Waals surface area (Å²) < 4.78 is 6.97. The zero-order valence-corrected chi connectivity index (χ0v) is 17.1. The van der Waals surface area contributed by atoms with Gasteiger partial charge in [-0.1, -0.05) is 17.2 Å². The predicted octanol–water partition coefficient (Wildman–Crippen LogP) is 3.55. The van der Waals surface area contributed by atoms with Crippen LogP contribution in [-0.4, -0.2) is 37.0 Å². The molecular formula is C21H24N6O4. The maximum absolute atomic E-state index is 12.4. The van der Waals surface area contributed by atoms with Crippen molar-refractivity contribution in [1.82, 2.24) is 20.0 Å². The van der Waals surface area contributed by atoms with Gasteiger partial charge in [-0.2, -0.15) is 5.10 Å². The first-order valence-electron chi connectivity index (χ1n) is 10.2. The van der Waals surface area contributed by atoms with Crippen molar-refractivity contribution in [3.63, 3.8) is 0 Å². The normalized spacial score (nSPS) is 18.5. The highest BCUT2D eigenvalue weighted by Crippen LogP contribution is 2.37. The maximum atomic E-state index is 12.4. The molecule has 0 unspecified atom stereocenters. The number of nitrogens with zero attached hydrogens (tertiary/aromatic N) is 4. The van der Waals surface area contributed by atoms with Gasteiger partial charge in [0, 0.05) is 31.4 Å². The molecule has 0 bridgehead atoms. The lowest BCUT2D eigenvalue weighted by molar-refractivity contribution is -0.138. The third kappa shape index (κ3) is 5.27. The van der Waals surface area contributed by atoms with Gasteiger partial charge in [-0.15, -0.1) is 5.10 Å². The number of carbonyl (C=O) groups is 2. The van der Waals surface area contributed by atoms with Crippen molar-refractivity contribution in [3.8, 4) is 0 Å². The molecular weight excluding hydrogens is 400 g/mol. The fourth-order valence-corrected chi connectivity index (χ4v) is 3.93. The van der Waals surface area contributed by atoms with E-state index in [0.717, 1.165) is 25.7 Å². The molecule has 2 aromatic heterocycles. The Morgan fingerprint density at radius 1 is 1.13 bits per heavy atom. The molecule has 0 aliphatic heterocycles. The molecule has 0 saturated heterocycles. The summed E-state index contributed by atoms with van der Waals surface area (Å²) in [5.41, 5.74) is 1.83. The Morgan fingerprint density at radius 3 is 2.52 bits per heavy atom. The van der Waals surface area contributed by atoms with E-state index < -0.39 is 11.9 Å². The molecule has 0 atom stereocenters. The Balaban J connectivity index is 1.31. The summed E-state index contributed by atoms with van der Waals surface area (Å²) in [6.07, 6.45) is 5.85. The number of rotatable bonds is 7. The standard InChI is InChI=1S/C21H24N6O4/c1-27-11-10-17(26-27)23-21-25-24-20(31-21)19(30)22-16-8-6-15(7-9-16)14-4-2-13(3-5-14)12-18(28)29/h6-11,13-14H,2-5,12H2,1H3,(H,22,30)(H,28,29)(H,23,25,26). The van der Waals surface area contributed by atoms with Crippen molar-refractivity contribution in [1.29, 1.82) is 0 Å². The number of carboxylic acids is 1. The van der Waals surface area contributed by atoms with Gasteiger partial charge < -0.3 is 14.8 Å². The number of aromatic nitrogens is 4. The molecule has 4 rings (SSSR count). The summed E-state index contributed by atoms with van der Waals surface area (Å²) in [6, 6.07) is 9.52. The molecule has 10 heteroatoms. The molecule has 1 aliphatic rings. The molecule has 0 radical (unpaired) electrons. The summed E-state index contributed by atoms with van der Waals surface area (Å²) >= 11 is 0. The average molecular weight is 424 g/mol. The Hall–Kier alpha value is -3.69. The van der Waals surface area contributed by atoms with Crippen LogP contribution in [0.1, 0.15) is 54.3 Å². The average Bonchev–Trinajstić information content (AvgIpc) is 3.38. The van der Waals surface area contributed by atoms with E-state index in [1.165, 1.54) is 5.56 Å². The van der Waals surface area contributed by atoms with Crippen LogP contribution < -0.4 is 10.6 Å². The predicted molar refractivity (Wildman–Crippen MR) is 112 cm³/mol. The first-order chi connectivity index (χ1) is 15.0. The molecule has 1 aromatic carbocycles. The van der Waals surface area contributed by atoms with Gasteiger partial charge in [-0.05, 0) is 55.2 Å². The van der Waals surface area contributed by atoms with E-state index in [0.29, 0.717) is 17.4 Å². The highest BCUT2D eigenvalue weighted by Gasteiger charge is 2.24. The summed E-state index contributed by atoms with van der Waals surface area (Å²) in [5, 5.41) is 26.2. The van der Waals surface area contributed by atoms with Gasteiger partial charge >= 0.3 is 23.8 Å². The van der Waals surface area contributed by atoms with Crippen LogP contribution in [0.15, 0.2) is 40.9 Å². The molecule has 1 amide bonds. The van der Waals surface area contributed by atoms with E-state index in [1.54, 1.807) is 24.0 Å². The summed E-state index contributed by atoms with van der Waals surface area (Å²) in [5.74, 6) is -0.136. The third-order valence-corrected chi connectivity index (χ3v) is 5.52. The number of carbonyl (C=O) groups excluding carboxylic acids is 1. The number of hydrogen-bond acceptors (Lipinski definition) is 7. The molecule has 2 heterocycles. The second kappa shape index (κ2) is 8.99. The lowest BCUT2D eigenvalue weighted by Gasteiger charge is -2.28.